The van der Waals surface area contributed by atoms with Crippen molar-refractivity contribution in [1.29, 1.82) is 0 Å². The molecule has 19 heavy (non-hydrogen) atoms. The first-order valence-corrected chi connectivity index (χ1v) is 6.21. The first kappa shape index (κ1) is 13.3. The molecule has 0 aliphatic rings. The van der Waals surface area contributed by atoms with Crippen LogP contribution < -0.4 is 15.8 Å². The second-order valence-electron chi connectivity index (χ2n) is 4.15. The molecule has 3 N–H and O–H groups in total. The number of para-hydroxylation sites is 1. The van der Waals surface area contributed by atoms with Gasteiger partial charge in [0.05, 0.1) is 0 Å². The summed E-state index contributed by atoms with van der Waals surface area (Å²) in [6, 6.07) is 9.03. The Morgan fingerprint density at radius 2 is 2.21 bits per heavy atom. The number of hydrogen-bond donors (Lipinski definition) is 2. The number of nitrogens with zero attached hydrogens (tertiary/aromatic N) is 1. The van der Waals surface area contributed by atoms with Gasteiger partial charge in [-0.15, -0.1) is 0 Å². The summed E-state index contributed by atoms with van der Waals surface area (Å²) in [6.07, 6.45) is 1.71. The molecule has 0 saturated carbocycles. The molecule has 1 heterocycles. The summed E-state index contributed by atoms with van der Waals surface area (Å²) in [5.74, 6) is 0.234. The van der Waals surface area contributed by atoms with Crippen molar-refractivity contribution < 1.29 is 9.53 Å². The fraction of sp³-hybridized carbons (Fsp3) is 0.286. The van der Waals surface area contributed by atoms with Crippen LogP contribution in [0, 0.1) is 0 Å². The summed E-state index contributed by atoms with van der Waals surface area (Å²) in [5.41, 5.74) is 6.08. The lowest BCUT2D eigenvalue weighted by Gasteiger charge is -2.15. The Labute approximate surface area is 111 Å². The number of carbonyl (C=O) groups is 1. The molecule has 0 spiro atoms. The number of nitrogens with one attached hydrogen (secondary N) is 1. The molecular weight excluding hydrogens is 242 g/mol. The maximum Gasteiger partial charge on any atom is 0.238 e. The van der Waals surface area contributed by atoms with E-state index < -0.39 is 11.9 Å². The van der Waals surface area contributed by atoms with E-state index in [9.17, 15) is 4.79 Å². The number of nitrogens with two attached hydrogens (primary N) is 1. The summed E-state index contributed by atoms with van der Waals surface area (Å²) in [6.45, 7) is 2.76. The number of hydrogen-bond acceptors (Lipinski definition) is 4. The van der Waals surface area contributed by atoms with Gasteiger partial charge < -0.3 is 15.8 Å². The summed E-state index contributed by atoms with van der Waals surface area (Å²) in [7, 11) is 0. The van der Waals surface area contributed by atoms with Crippen LogP contribution in [0.15, 0.2) is 36.5 Å². The normalized spacial score (nSPS) is 12.3. The number of rotatable bonds is 6. The zero-order valence-electron chi connectivity index (χ0n) is 10.8. The minimum absolute atomic E-state index is 0.193. The van der Waals surface area contributed by atoms with Crippen LogP contribution in [0.2, 0.25) is 0 Å². The lowest BCUT2D eigenvalue weighted by molar-refractivity contribution is -0.120. The van der Waals surface area contributed by atoms with Crippen molar-refractivity contribution in [1.82, 2.24) is 10.3 Å². The van der Waals surface area contributed by atoms with Gasteiger partial charge in [0.15, 0.2) is 0 Å². The van der Waals surface area contributed by atoms with E-state index in [0.717, 1.165) is 10.9 Å². The van der Waals surface area contributed by atoms with Crippen molar-refractivity contribution in [2.75, 3.05) is 13.2 Å². The zero-order chi connectivity index (χ0) is 13.7. The Kier molecular flexibility index (Phi) is 4.30. The molecule has 2 aromatic rings. The first-order chi connectivity index (χ1) is 9.22. The number of aromatic nitrogens is 1. The van der Waals surface area contributed by atoms with Gasteiger partial charge >= 0.3 is 0 Å². The number of pyridine rings is 1. The van der Waals surface area contributed by atoms with Crippen LogP contribution in [0.25, 0.3) is 10.9 Å². The van der Waals surface area contributed by atoms with Crippen molar-refractivity contribution >= 4 is 16.8 Å². The molecule has 0 aliphatic heterocycles. The van der Waals surface area contributed by atoms with Gasteiger partial charge in [-0.05, 0) is 18.7 Å². The lowest BCUT2D eigenvalue weighted by Crippen LogP contribution is -2.45. The standard InChI is InChI=1S/C14H17N3O2/c1-2-16-11(14(15)18)9-19-12-7-3-5-10-6-4-8-17-13(10)12/h3-8,11,16H,2,9H2,1H3,(H2,15,18). The molecule has 5 nitrogen and oxygen atoms in total. The summed E-state index contributed by atoms with van der Waals surface area (Å²) in [5, 5.41) is 3.98. The molecule has 0 bridgehead atoms. The summed E-state index contributed by atoms with van der Waals surface area (Å²) >= 11 is 0. The third kappa shape index (κ3) is 3.20. The van der Waals surface area contributed by atoms with Crippen molar-refractivity contribution in [3.63, 3.8) is 0 Å². The van der Waals surface area contributed by atoms with Crippen molar-refractivity contribution in [2.24, 2.45) is 5.73 Å². The summed E-state index contributed by atoms with van der Waals surface area (Å²) in [4.78, 5) is 15.5. The SMILES string of the molecule is CCNC(COc1cccc2cccnc12)C(N)=O. The van der Waals surface area contributed by atoms with Gasteiger partial charge in [-0.1, -0.05) is 25.1 Å². The van der Waals surface area contributed by atoms with E-state index in [2.05, 4.69) is 10.3 Å². The van der Waals surface area contributed by atoms with E-state index in [0.29, 0.717) is 12.3 Å². The van der Waals surface area contributed by atoms with Gasteiger partial charge in [0.2, 0.25) is 5.91 Å². The highest BCUT2D eigenvalue weighted by molar-refractivity contribution is 5.84. The number of primary amides is 1. The van der Waals surface area contributed by atoms with Crippen molar-refractivity contribution in [3.8, 4) is 5.75 Å². The fourth-order valence-corrected chi connectivity index (χ4v) is 1.85. The second-order valence-corrected chi connectivity index (χ2v) is 4.15. The number of benzene rings is 1. The number of ether oxygens (including phenoxy) is 1. The predicted molar refractivity (Wildman–Crippen MR) is 73.9 cm³/mol. The first-order valence-electron chi connectivity index (χ1n) is 6.21. The Morgan fingerprint density at radius 1 is 1.42 bits per heavy atom. The minimum Gasteiger partial charge on any atom is -0.489 e. The molecule has 0 fully saturated rings. The number of carbonyl (C=O) groups excluding carboxylic acids is 1. The molecule has 2 rings (SSSR count). The number of amides is 1. The summed E-state index contributed by atoms with van der Waals surface area (Å²) < 4.78 is 5.67. The van der Waals surface area contributed by atoms with Gasteiger partial charge in [-0.3, -0.25) is 9.78 Å². The Morgan fingerprint density at radius 3 is 2.95 bits per heavy atom. The highest BCUT2D eigenvalue weighted by Gasteiger charge is 2.15. The van der Waals surface area contributed by atoms with Gasteiger partial charge in [0.1, 0.15) is 23.9 Å². The third-order valence-corrected chi connectivity index (χ3v) is 2.80. The van der Waals surface area contributed by atoms with Crippen molar-refractivity contribution in [2.45, 2.75) is 13.0 Å². The molecular formula is C14H17N3O2. The van der Waals surface area contributed by atoms with Crippen LogP contribution in [0.3, 0.4) is 0 Å². The molecule has 0 aliphatic carbocycles. The van der Waals surface area contributed by atoms with E-state index in [1.54, 1.807) is 6.20 Å². The fourth-order valence-electron chi connectivity index (χ4n) is 1.85. The second kappa shape index (κ2) is 6.15. The maximum absolute atomic E-state index is 11.2. The lowest BCUT2D eigenvalue weighted by atomic mass is 10.2. The van der Waals surface area contributed by atoms with Gasteiger partial charge in [-0.25, -0.2) is 0 Å². The quantitative estimate of drug-likeness (QED) is 0.813. The Hall–Kier alpha value is -2.14. The van der Waals surface area contributed by atoms with Crippen LogP contribution in [0.4, 0.5) is 0 Å². The number of fused-ring (bicyclic) bond motifs is 1. The molecule has 100 valence electrons. The third-order valence-electron chi connectivity index (χ3n) is 2.80. The number of likely N-dealkylation sites (N-methyl/N-ethyl adjacent to an activating group) is 1. The Balaban J connectivity index is 2.15. The van der Waals surface area contributed by atoms with Crippen LogP contribution in [-0.4, -0.2) is 30.1 Å². The van der Waals surface area contributed by atoms with Crippen LogP contribution in [0.1, 0.15) is 6.92 Å². The Bertz CT molecular complexity index is 566. The molecule has 1 aromatic carbocycles. The largest absolute Gasteiger partial charge is 0.489 e. The van der Waals surface area contributed by atoms with Gasteiger partial charge in [-0.2, -0.15) is 0 Å². The molecule has 0 radical (unpaired) electrons. The van der Waals surface area contributed by atoms with E-state index in [-0.39, 0.29) is 6.61 Å². The van der Waals surface area contributed by atoms with Gasteiger partial charge in [0, 0.05) is 11.6 Å². The molecule has 1 aromatic heterocycles. The molecule has 1 unspecified atom stereocenters. The average molecular weight is 259 g/mol. The monoisotopic (exact) mass is 259 g/mol. The predicted octanol–water partition coefficient (Wildman–Crippen LogP) is 1.08. The topological polar surface area (TPSA) is 77.2 Å². The van der Waals surface area contributed by atoms with E-state index in [1.807, 2.05) is 37.3 Å². The molecule has 5 heteroatoms. The average Bonchev–Trinajstić information content (AvgIpc) is 2.43. The van der Waals surface area contributed by atoms with Crippen LogP contribution in [0.5, 0.6) is 5.75 Å². The van der Waals surface area contributed by atoms with E-state index in [1.165, 1.54) is 0 Å². The zero-order valence-corrected chi connectivity index (χ0v) is 10.8. The minimum atomic E-state index is -0.496. The van der Waals surface area contributed by atoms with Crippen LogP contribution in [-0.2, 0) is 4.79 Å². The van der Waals surface area contributed by atoms with E-state index >= 15 is 0 Å². The van der Waals surface area contributed by atoms with Crippen LogP contribution >= 0.6 is 0 Å². The highest BCUT2D eigenvalue weighted by Crippen LogP contribution is 2.22. The van der Waals surface area contributed by atoms with Gasteiger partial charge in [0.25, 0.3) is 0 Å². The molecule has 1 atom stereocenters. The van der Waals surface area contributed by atoms with Crippen molar-refractivity contribution in [3.05, 3.63) is 36.5 Å². The highest BCUT2D eigenvalue weighted by atomic mass is 16.5. The maximum atomic E-state index is 11.2. The van der Waals surface area contributed by atoms with E-state index in [4.69, 9.17) is 10.5 Å². The smallest absolute Gasteiger partial charge is 0.238 e. The molecule has 0 saturated heterocycles. The molecule has 1 amide bonds.